The summed E-state index contributed by atoms with van der Waals surface area (Å²) in [5, 5.41) is 12.3. The number of nitrogens with one attached hydrogen (secondary N) is 1. The van der Waals surface area contributed by atoms with Gasteiger partial charge in [0.05, 0.1) is 13.1 Å². The molecule has 56 valence electrons. The average Bonchev–Trinajstić information content (AvgIpc) is 1.87. The topological polar surface area (TPSA) is 95.8 Å². The second-order valence-corrected chi connectivity index (χ2v) is 1.48. The maximum atomic E-state index is 10.1. The molecule has 0 aliphatic carbocycles. The Labute approximate surface area is 56.2 Å². The number of rotatable bonds is 4. The molecule has 6 heteroatoms. The predicted molar refractivity (Wildman–Crippen MR) is 31.3 cm³/mol. The van der Waals surface area contributed by atoms with Crippen molar-refractivity contribution in [2.24, 2.45) is 5.18 Å². The first kappa shape index (κ1) is 8.70. The number of carboxylic acids is 1. The van der Waals surface area contributed by atoms with Crippen LogP contribution in [0.4, 0.5) is 0 Å². The summed E-state index contributed by atoms with van der Waals surface area (Å²) >= 11 is 0. The number of hydrogen-bond acceptors (Lipinski definition) is 4. The van der Waals surface area contributed by atoms with E-state index in [2.05, 4.69) is 5.32 Å². The molecule has 0 aromatic carbocycles. The second-order valence-electron chi connectivity index (χ2n) is 1.48. The summed E-state index contributed by atoms with van der Waals surface area (Å²) in [6.45, 7) is -0.670. The summed E-state index contributed by atoms with van der Waals surface area (Å²) in [6, 6.07) is 0. The van der Waals surface area contributed by atoms with Gasteiger partial charge in [-0.25, -0.2) is 0 Å². The molecular formula is C4H6N2O4. The maximum Gasteiger partial charge on any atom is 0.317 e. The zero-order valence-electron chi connectivity index (χ0n) is 5.03. The average molecular weight is 146 g/mol. The summed E-state index contributed by atoms with van der Waals surface area (Å²) in [5.41, 5.74) is 0. The molecule has 0 rings (SSSR count). The van der Waals surface area contributed by atoms with Crippen molar-refractivity contribution < 1.29 is 14.7 Å². The molecule has 0 saturated carbocycles. The van der Waals surface area contributed by atoms with E-state index in [0.717, 1.165) is 0 Å². The number of carbonyl (C=O) groups is 2. The van der Waals surface area contributed by atoms with Gasteiger partial charge >= 0.3 is 5.97 Å². The lowest BCUT2D eigenvalue weighted by atomic mass is 10.5. The van der Waals surface area contributed by atoms with Crippen LogP contribution in [0.3, 0.4) is 0 Å². The lowest BCUT2D eigenvalue weighted by molar-refractivity contribution is -0.135. The first-order chi connectivity index (χ1) is 4.66. The summed E-state index contributed by atoms with van der Waals surface area (Å²) in [7, 11) is 0. The van der Waals surface area contributed by atoms with Gasteiger partial charge in [0.2, 0.25) is 0 Å². The highest BCUT2D eigenvalue weighted by Gasteiger charge is 2.00. The van der Waals surface area contributed by atoms with Crippen LogP contribution in [0.15, 0.2) is 5.18 Å². The molecule has 0 aliphatic rings. The molecule has 0 aromatic rings. The molecule has 0 heterocycles. The van der Waals surface area contributed by atoms with Crippen LogP contribution < -0.4 is 5.32 Å². The largest absolute Gasteiger partial charge is 0.480 e. The fraction of sp³-hybridized carbons (Fsp3) is 0.500. The van der Waals surface area contributed by atoms with Crippen molar-refractivity contribution in [2.45, 2.75) is 0 Å². The Balaban J connectivity index is 3.28. The van der Waals surface area contributed by atoms with E-state index in [1.165, 1.54) is 0 Å². The van der Waals surface area contributed by atoms with E-state index >= 15 is 0 Å². The smallest absolute Gasteiger partial charge is 0.317 e. The van der Waals surface area contributed by atoms with E-state index in [1.807, 2.05) is 5.18 Å². The number of nitrogens with zero attached hydrogens (tertiary/aromatic N) is 1. The highest BCUT2D eigenvalue weighted by Crippen LogP contribution is 1.69. The summed E-state index contributed by atoms with van der Waals surface area (Å²) in [6.07, 6.45) is 0. The van der Waals surface area contributed by atoms with Gasteiger partial charge in [-0.1, -0.05) is 0 Å². The molecule has 0 radical (unpaired) electrons. The highest BCUT2D eigenvalue weighted by atomic mass is 16.4. The van der Waals surface area contributed by atoms with Crippen molar-refractivity contribution in [2.75, 3.05) is 13.1 Å². The first-order valence-electron chi connectivity index (χ1n) is 2.45. The number of carboxylic acid groups (broad SMARTS) is 1. The van der Waals surface area contributed by atoms with Gasteiger partial charge in [-0.05, 0) is 0 Å². The van der Waals surface area contributed by atoms with Crippen LogP contribution in [0, 0.1) is 4.91 Å². The molecule has 0 spiro atoms. The van der Waals surface area contributed by atoms with Crippen LogP contribution in [0.25, 0.3) is 0 Å². The highest BCUT2D eigenvalue weighted by molar-refractivity contribution is 5.79. The van der Waals surface area contributed by atoms with Gasteiger partial charge < -0.3 is 5.11 Å². The Morgan fingerprint density at radius 1 is 1.40 bits per heavy atom. The molecule has 0 atom stereocenters. The van der Waals surface area contributed by atoms with E-state index in [4.69, 9.17) is 5.11 Å². The third kappa shape index (κ3) is 4.85. The normalized spacial score (nSPS) is 8.80. The SMILES string of the molecule is O=NC(=O)CNCC(=O)O. The Kier molecular flexibility index (Phi) is 3.97. The van der Waals surface area contributed by atoms with Crippen molar-refractivity contribution in [3.63, 3.8) is 0 Å². The quantitative estimate of drug-likeness (QED) is 0.493. The number of carbonyl (C=O) groups excluding carboxylic acids is 1. The zero-order chi connectivity index (χ0) is 7.98. The van der Waals surface area contributed by atoms with Crippen LogP contribution in [-0.4, -0.2) is 30.1 Å². The zero-order valence-corrected chi connectivity index (χ0v) is 5.03. The minimum atomic E-state index is -1.08. The van der Waals surface area contributed by atoms with Crippen molar-refractivity contribution in [1.82, 2.24) is 5.32 Å². The lowest BCUT2D eigenvalue weighted by Crippen LogP contribution is -2.27. The Morgan fingerprint density at radius 2 is 2.00 bits per heavy atom. The monoisotopic (exact) mass is 146 g/mol. The fourth-order valence-corrected chi connectivity index (χ4v) is 0.309. The summed E-state index contributed by atoms with van der Waals surface area (Å²) in [5.74, 6) is -1.99. The summed E-state index contributed by atoms with van der Waals surface area (Å²) in [4.78, 5) is 29.2. The molecule has 2 N–H and O–H groups in total. The maximum absolute atomic E-state index is 10.1. The molecule has 0 saturated heterocycles. The number of aliphatic carboxylic acids is 1. The van der Waals surface area contributed by atoms with Crippen molar-refractivity contribution in [3.05, 3.63) is 4.91 Å². The molecule has 0 bridgehead atoms. The molecule has 0 aromatic heterocycles. The van der Waals surface area contributed by atoms with Gasteiger partial charge in [0, 0.05) is 5.18 Å². The van der Waals surface area contributed by atoms with Crippen LogP contribution in [-0.2, 0) is 9.59 Å². The molecule has 0 aliphatic heterocycles. The van der Waals surface area contributed by atoms with Crippen LogP contribution in [0.2, 0.25) is 0 Å². The molecule has 1 amide bonds. The van der Waals surface area contributed by atoms with Crippen LogP contribution in [0.5, 0.6) is 0 Å². The Bertz CT molecular complexity index is 155. The van der Waals surface area contributed by atoms with Crippen LogP contribution >= 0.6 is 0 Å². The number of hydrogen-bond donors (Lipinski definition) is 2. The number of nitroso groups, excluding NO2 is 1. The number of amides is 1. The minimum absolute atomic E-state index is 0.324. The van der Waals surface area contributed by atoms with Crippen molar-refractivity contribution in [1.29, 1.82) is 0 Å². The molecule has 0 fully saturated rings. The summed E-state index contributed by atoms with van der Waals surface area (Å²) < 4.78 is 0. The minimum Gasteiger partial charge on any atom is -0.480 e. The molecule has 0 unspecified atom stereocenters. The van der Waals surface area contributed by atoms with E-state index in [-0.39, 0.29) is 13.1 Å². The third-order valence-electron chi connectivity index (χ3n) is 0.654. The van der Waals surface area contributed by atoms with Crippen LogP contribution in [0.1, 0.15) is 0 Å². The van der Waals surface area contributed by atoms with E-state index < -0.39 is 11.9 Å². The predicted octanol–water partition coefficient (Wildman–Crippen LogP) is -1.05. The molecule has 6 nitrogen and oxygen atoms in total. The van der Waals surface area contributed by atoms with Crippen molar-refractivity contribution in [3.8, 4) is 0 Å². The molecular weight excluding hydrogens is 140 g/mol. The standard InChI is InChI=1S/C4H6N2O4/c7-3(6-10)1-5-2-4(8)9/h5H,1-2H2,(H,8,9). The van der Waals surface area contributed by atoms with Gasteiger partial charge in [-0.3, -0.25) is 14.9 Å². The fourth-order valence-electron chi connectivity index (χ4n) is 0.309. The van der Waals surface area contributed by atoms with E-state index in [1.54, 1.807) is 0 Å². The van der Waals surface area contributed by atoms with Gasteiger partial charge in [-0.15, -0.1) is 4.91 Å². The third-order valence-corrected chi connectivity index (χ3v) is 0.654. The van der Waals surface area contributed by atoms with Gasteiger partial charge in [-0.2, -0.15) is 0 Å². The van der Waals surface area contributed by atoms with Gasteiger partial charge in [0.25, 0.3) is 5.91 Å². The van der Waals surface area contributed by atoms with Crippen molar-refractivity contribution >= 4 is 11.9 Å². The van der Waals surface area contributed by atoms with E-state index in [9.17, 15) is 14.5 Å². The Hall–Kier alpha value is -1.30. The first-order valence-corrected chi connectivity index (χ1v) is 2.45. The van der Waals surface area contributed by atoms with E-state index in [0.29, 0.717) is 0 Å². The van der Waals surface area contributed by atoms with Gasteiger partial charge in [0.1, 0.15) is 0 Å². The molecule has 10 heavy (non-hydrogen) atoms. The second kappa shape index (κ2) is 4.57. The lowest BCUT2D eigenvalue weighted by Gasteiger charge is -1.92. The van der Waals surface area contributed by atoms with Gasteiger partial charge in [0.15, 0.2) is 0 Å². The Morgan fingerprint density at radius 3 is 2.40 bits per heavy atom.